The molecule has 0 bridgehead atoms. The average Bonchev–Trinajstić information content (AvgIpc) is 2.28. The van der Waals surface area contributed by atoms with Gasteiger partial charge < -0.3 is 5.11 Å². The Morgan fingerprint density at radius 2 is 1.71 bits per heavy atom. The largest absolute Gasteiger partial charge is 0.481 e. The van der Waals surface area contributed by atoms with Gasteiger partial charge in [0, 0.05) is 10.5 Å². The number of thioether (sulfide) groups is 1. The summed E-state index contributed by atoms with van der Waals surface area (Å²) in [6.07, 6.45) is 1.95. The van der Waals surface area contributed by atoms with Gasteiger partial charge in [0.05, 0.1) is 0 Å². The Kier molecular flexibility index (Phi) is 4.75. The maximum Gasteiger partial charge on any atom is 0.314 e. The first-order valence-corrected chi connectivity index (χ1v) is 6.61. The van der Waals surface area contributed by atoms with Crippen LogP contribution < -0.4 is 0 Å². The average molecular weight is 252 g/mol. The molecule has 0 aliphatic rings. The topological polar surface area (TPSA) is 54.4 Å². The van der Waals surface area contributed by atoms with Crippen LogP contribution in [0.2, 0.25) is 0 Å². The summed E-state index contributed by atoms with van der Waals surface area (Å²) in [4.78, 5) is 24.1. The lowest BCUT2D eigenvalue weighted by Crippen LogP contribution is -2.28. The van der Waals surface area contributed by atoms with E-state index in [2.05, 4.69) is 0 Å². The van der Waals surface area contributed by atoms with Crippen LogP contribution in [0.3, 0.4) is 0 Å². The second-order valence-electron chi connectivity index (χ2n) is 4.15. The van der Waals surface area contributed by atoms with E-state index >= 15 is 0 Å². The molecular weight excluding hydrogens is 236 g/mol. The molecule has 4 heteroatoms. The zero-order valence-electron chi connectivity index (χ0n) is 10.1. The first-order valence-electron chi connectivity index (χ1n) is 5.38. The van der Waals surface area contributed by atoms with Crippen LogP contribution in [0.1, 0.15) is 24.2 Å². The highest BCUT2D eigenvalue weighted by atomic mass is 32.2. The third-order valence-electron chi connectivity index (χ3n) is 2.59. The second kappa shape index (κ2) is 5.87. The number of carbonyl (C=O) groups is 2. The fourth-order valence-electron chi connectivity index (χ4n) is 1.63. The Hall–Kier alpha value is -1.29. The number of aliphatic carboxylic acids is 1. The van der Waals surface area contributed by atoms with Crippen LogP contribution in [-0.4, -0.2) is 23.1 Å². The maximum absolute atomic E-state index is 12.0. The number of Topliss-reactive ketones (excluding diaryl/α,β-unsaturated/α-hetero) is 1. The van der Waals surface area contributed by atoms with Crippen molar-refractivity contribution in [1.29, 1.82) is 0 Å². The number of hydrogen-bond donors (Lipinski definition) is 1. The lowest BCUT2D eigenvalue weighted by Gasteiger charge is -2.14. The van der Waals surface area contributed by atoms with Crippen molar-refractivity contribution < 1.29 is 14.7 Å². The summed E-state index contributed by atoms with van der Waals surface area (Å²) in [7, 11) is 0. The number of rotatable bonds is 5. The van der Waals surface area contributed by atoms with Gasteiger partial charge in [-0.15, -0.1) is 11.8 Å². The molecule has 1 atom stereocenters. The quantitative estimate of drug-likeness (QED) is 0.497. The normalized spacial score (nSPS) is 12.5. The first kappa shape index (κ1) is 13.8. The molecule has 0 heterocycles. The summed E-state index contributed by atoms with van der Waals surface area (Å²) >= 11 is 1.58. The number of ketones is 1. The van der Waals surface area contributed by atoms with Gasteiger partial charge in [0.25, 0.3) is 0 Å². The lowest BCUT2D eigenvalue weighted by molar-refractivity contribution is -0.141. The molecule has 0 spiro atoms. The molecule has 1 N–H and O–H groups in total. The SMILES string of the molecule is CSc1ccc(C(=O)C(C(=O)O)C(C)C)cc1. The molecule has 1 aromatic carbocycles. The molecule has 0 aromatic heterocycles. The van der Waals surface area contributed by atoms with Crippen LogP contribution in [0.4, 0.5) is 0 Å². The van der Waals surface area contributed by atoms with Gasteiger partial charge >= 0.3 is 5.97 Å². The summed E-state index contributed by atoms with van der Waals surface area (Å²) < 4.78 is 0. The Bertz CT molecular complexity index is 409. The molecule has 3 nitrogen and oxygen atoms in total. The van der Waals surface area contributed by atoms with Gasteiger partial charge in [-0.2, -0.15) is 0 Å². The standard InChI is InChI=1S/C13H16O3S/c1-8(2)11(13(15)16)12(14)9-4-6-10(17-3)7-5-9/h4-8,11H,1-3H3,(H,15,16). The maximum atomic E-state index is 12.0. The van der Waals surface area contributed by atoms with Crippen molar-refractivity contribution in [2.24, 2.45) is 11.8 Å². The Balaban J connectivity index is 2.97. The van der Waals surface area contributed by atoms with E-state index in [1.165, 1.54) is 0 Å². The predicted molar refractivity (Wildman–Crippen MR) is 68.5 cm³/mol. The minimum atomic E-state index is -1.06. The molecule has 0 fully saturated rings. The Morgan fingerprint density at radius 1 is 1.18 bits per heavy atom. The molecule has 92 valence electrons. The molecule has 0 aliphatic carbocycles. The smallest absolute Gasteiger partial charge is 0.314 e. The summed E-state index contributed by atoms with van der Waals surface area (Å²) in [5.41, 5.74) is 0.462. The molecule has 0 amide bonds. The Morgan fingerprint density at radius 3 is 2.06 bits per heavy atom. The number of carbonyl (C=O) groups excluding carboxylic acids is 1. The number of carboxylic acid groups (broad SMARTS) is 1. The van der Waals surface area contributed by atoms with E-state index in [1.807, 2.05) is 18.4 Å². The van der Waals surface area contributed by atoms with E-state index in [0.29, 0.717) is 5.56 Å². The van der Waals surface area contributed by atoms with Gasteiger partial charge in [0.1, 0.15) is 5.92 Å². The van der Waals surface area contributed by atoms with Crippen molar-refractivity contribution in [1.82, 2.24) is 0 Å². The van der Waals surface area contributed by atoms with E-state index in [4.69, 9.17) is 5.11 Å². The van der Waals surface area contributed by atoms with Crippen molar-refractivity contribution in [2.45, 2.75) is 18.7 Å². The highest BCUT2D eigenvalue weighted by Crippen LogP contribution is 2.20. The van der Waals surface area contributed by atoms with Crippen molar-refractivity contribution in [2.75, 3.05) is 6.26 Å². The number of hydrogen-bond acceptors (Lipinski definition) is 3. The van der Waals surface area contributed by atoms with Crippen LogP contribution in [0.15, 0.2) is 29.2 Å². The first-order chi connectivity index (χ1) is 7.97. The summed E-state index contributed by atoms with van der Waals surface area (Å²) in [5.74, 6) is -2.55. The Labute approximate surface area is 105 Å². The summed E-state index contributed by atoms with van der Waals surface area (Å²) in [6.45, 7) is 3.49. The van der Waals surface area contributed by atoms with Crippen molar-refractivity contribution >= 4 is 23.5 Å². The molecule has 0 aliphatic heterocycles. The third-order valence-corrected chi connectivity index (χ3v) is 3.33. The molecular formula is C13H16O3S. The fourth-order valence-corrected chi connectivity index (χ4v) is 2.04. The van der Waals surface area contributed by atoms with Crippen LogP contribution >= 0.6 is 11.8 Å². The van der Waals surface area contributed by atoms with E-state index in [1.54, 1.807) is 37.7 Å². The highest BCUT2D eigenvalue weighted by molar-refractivity contribution is 7.98. The highest BCUT2D eigenvalue weighted by Gasteiger charge is 2.30. The monoisotopic (exact) mass is 252 g/mol. The molecule has 17 heavy (non-hydrogen) atoms. The third kappa shape index (κ3) is 3.33. The van der Waals surface area contributed by atoms with Crippen molar-refractivity contribution in [3.05, 3.63) is 29.8 Å². The lowest BCUT2D eigenvalue weighted by atomic mass is 9.88. The summed E-state index contributed by atoms with van der Waals surface area (Å²) in [5, 5.41) is 9.05. The van der Waals surface area contributed by atoms with E-state index < -0.39 is 11.9 Å². The second-order valence-corrected chi connectivity index (χ2v) is 5.03. The van der Waals surface area contributed by atoms with E-state index in [9.17, 15) is 9.59 Å². The van der Waals surface area contributed by atoms with Gasteiger partial charge in [-0.25, -0.2) is 0 Å². The zero-order chi connectivity index (χ0) is 13.0. The predicted octanol–water partition coefficient (Wildman–Crippen LogP) is 2.95. The number of benzene rings is 1. The van der Waals surface area contributed by atoms with Crippen LogP contribution in [-0.2, 0) is 4.79 Å². The van der Waals surface area contributed by atoms with Crippen LogP contribution in [0.25, 0.3) is 0 Å². The minimum absolute atomic E-state index is 0.208. The van der Waals surface area contributed by atoms with Gasteiger partial charge in [0.15, 0.2) is 5.78 Å². The molecule has 1 aromatic rings. The van der Waals surface area contributed by atoms with Crippen molar-refractivity contribution in [3.63, 3.8) is 0 Å². The van der Waals surface area contributed by atoms with Gasteiger partial charge in [-0.1, -0.05) is 26.0 Å². The minimum Gasteiger partial charge on any atom is -0.481 e. The molecule has 0 saturated heterocycles. The molecule has 0 saturated carbocycles. The summed E-state index contributed by atoms with van der Waals surface area (Å²) in [6, 6.07) is 7.03. The van der Waals surface area contributed by atoms with Gasteiger partial charge in [0.2, 0.25) is 0 Å². The molecule has 1 rings (SSSR count). The van der Waals surface area contributed by atoms with Gasteiger partial charge in [-0.05, 0) is 24.3 Å². The van der Waals surface area contributed by atoms with Crippen LogP contribution in [0.5, 0.6) is 0 Å². The van der Waals surface area contributed by atoms with Crippen molar-refractivity contribution in [3.8, 4) is 0 Å². The molecule has 0 radical (unpaired) electrons. The zero-order valence-corrected chi connectivity index (χ0v) is 11.0. The van der Waals surface area contributed by atoms with Gasteiger partial charge in [-0.3, -0.25) is 9.59 Å². The van der Waals surface area contributed by atoms with E-state index in [0.717, 1.165) is 4.90 Å². The van der Waals surface area contributed by atoms with Crippen LogP contribution in [0, 0.1) is 11.8 Å². The molecule has 1 unspecified atom stereocenters. The fraction of sp³-hybridized carbons (Fsp3) is 0.385. The van der Waals surface area contributed by atoms with E-state index in [-0.39, 0.29) is 11.7 Å². The number of carboxylic acids is 1.